The van der Waals surface area contributed by atoms with Crippen molar-refractivity contribution in [3.8, 4) is 22.8 Å². The predicted molar refractivity (Wildman–Crippen MR) is 166 cm³/mol. The third-order valence-corrected chi connectivity index (χ3v) is 8.01. The fourth-order valence-corrected chi connectivity index (χ4v) is 5.59. The van der Waals surface area contributed by atoms with Gasteiger partial charge in [-0.3, -0.25) is 9.69 Å². The molecule has 2 amide bonds. The summed E-state index contributed by atoms with van der Waals surface area (Å²) >= 11 is 7.68. The number of thioether (sulfide) groups is 1. The number of aryl methyl sites for hydroxylation is 1. The summed E-state index contributed by atoms with van der Waals surface area (Å²) in [5, 5.41) is 3.96. The van der Waals surface area contributed by atoms with Crippen molar-refractivity contribution < 1.29 is 32.2 Å². The summed E-state index contributed by atoms with van der Waals surface area (Å²) in [7, 11) is 0. The molecule has 1 unspecified atom stereocenters. The van der Waals surface area contributed by atoms with Crippen molar-refractivity contribution in [2.45, 2.75) is 38.4 Å². The van der Waals surface area contributed by atoms with E-state index in [0.717, 1.165) is 11.1 Å². The molecule has 0 saturated carbocycles. The lowest BCUT2D eigenvalue weighted by Crippen LogP contribution is -2.31. The van der Waals surface area contributed by atoms with Crippen LogP contribution in [0.3, 0.4) is 0 Å². The van der Waals surface area contributed by atoms with Gasteiger partial charge in [0.25, 0.3) is 0 Å². The summed E-state index contributed by atoms with van der Waals surface area (Å²) in [4.78, 5) is 35.2. The first-order chi connectivity index (χ1) is 21.4. The van der Waals surface area contributed by atoms with Gasteiger partial charge in [0.05, 0.1) is 22.5 Å². The van der Waals surface area contributed by atoms with Gasteiger partial charge in [-0.25, -0.2) is 14.5 Å². The Bertz CT molecular complexity index is 1730. The average molecular weight is 658 g/mol. The van der Waals surface area contributed by atoms with E-state index in [4.69, 9.17) is 16.3 Å². The molecule has 2 heterocycles. The molecular weight excluding hydrogens is 631 g/mol. The third-order valence-electron chi connectivity index (χ3n) is 6.71. The molecule has 0 N–H and O–H groups in total. The fourth-order valence-electron chi connectivity index (χ4n) is 4.53. The summed E-state index contributed by atoms with van der Waals surface area (Å²) in [5.74, 6) is 0.200. The molecule has 0 bridgehead atoms. The molecule has 1 atom stereocenters. The van der Waals surface area contributed by atoms with E-state index in [1.165, 1.54) is 51.9 Å². The van der Waals surface area contributed by atoms with E-state index >= 15 is 0 Å². The Hall–Kier alpha value is -4.36. The van der Waals surface area contributed by atoms with Gasteiger partial charge in [0.1, 0.15) is 18.7 Å². The van der Waals surface area contributed by atoms with Crippen molar-refractivity contribution in [2.75, 3.05) is 17.3 Å². The van der Waals surface area contributed by atoms with E-state index in [-0.39, 0.29) is 35.1 Å². The molecule has 1 saturated heterocycles. The van der Waals surface area contributed by atoms with E-state index in [1.807, 2.05) is 39.0 Å². The number of anilines is 1. The Morgan fingerprint density at radius 2 is 1.80 bits per heavy atom. The molecular formula is C31H27ClF3N5O4S. The normalized spacial score (nSPS) is 15.2. The number of ether oxygens (including phenoxy) is 2. The van der Waals surface area contributed by atoms with Gasteiger partial charge in [-0.2, -0.15) is 4.99 Å². The van der Waals surface area contributed by atoms with Gasteiger partial charge < -0.3 is 9.47 Å². The Balaban J connectivity index is 1.20. The van der Waals surface area contributed by atoms with Crippen LogP contribution >= 0.6 is 23.4 Å². The van der Waals surface area contributed by atoms with Crippen molar-refractivity contribution in [3.05, 3.63) is 89.7 Å². The number of amides is 2. The molecule has 1 aliphatic rings. The number of hydrogen-bond donors (Lipinski definition) is 0. The van der Waals surface area contributed by atoms with E-state index in [0.29, 0.717) is 28.3 Å². The zero-order valence-corrected chi connectivity index (χ0v) is 25.9. The van der Waals surface area contributed by atoms with Crippen LogP contribution in [0, 0.1) is 6.92 Å². The summed E-state index contributed by atoms with van der Waals surface area (Å²) in [5.41, 5.74) is 4.49. The number of hydrogen-bond acceptors (Lipinski definition) is 7. The molecule has 1 fully saturated rings. The van der Waals surface area contributed by atoms with Crippen LogP contribution in [0.4, 0.5) is 23.7 Å². The van der Waals surface area contributed by atoms with Gasteiger partial charge in [-0.1, -0.05) is 62.0 Å². The summed E-state index contributed by atoms with van der Waals surface area (Å²) in [6.45, 7) is 5.85. The first kappa shape index (κ1) is 32.0. The van der Waals surface area contributed by atoms with Crippen LogP contribution < -0.4 is 9.64 Å². The van der Waals surface area contributed by atoms with E-state index < -0.39 is 17.8 Å². The highest BCUT2D eigenvalue weighted by atomic mass is 35.5. The quantitative estimate of drug-likeness (QED) is 0.178. The van der Waals surface area contributed by atoms with Crippen molar-refractivity contribution in [1.82, 2.24) is 14.8 Å². The first-order valence-corrected chi connectivity index (χ1v) is 15.1. The average Bonchev–Trinajstić information content (AvgIpc) is 3.62. The number of aromatic nitrogens is 3. The maximum Gasteiger partial charge on any atom is 0.573 e. The largest absolute Gasteiger partial charge is 0.573 e. The molecule has 1 aliphatic heterocycles. The Kier molecular flexibility index (Phi) is 9.49. The van der Waals surface area contributed by atoms with Crippen molar-refractivity contribution in [3.63, 3.8) is 0 Å². The lowest BCUT2D eigenvalue weighted by molar-refractivity contribution is -0.274. The number of carbonyl (C=O) groups is 2. The van der Waals surface area contributed by atoms with Gasteiger partial charge in [0.15, 0.2) is 11.0 Å². The number of carbonyl (C=O) groups excluding carboxylic acids is 2. The van der Waals surface area contributed by atoms with Gasteiger partial charge >= 0.3 is 12.5 Å². The molecule has 0 aliphatic carbocycles. The highest BCUT2D eigenvalue weighted by molar-refractivity contribution is 8.15. The fraction of sp³-hybridized carbons (Fsp3) is 0.258. The minimum absolute atomic E-state index is 0.155. The van der Waals surface area contributed by atoms with Crippen LogP contribution in [0.1, 0.15) is 41.8 Å². The SMILES string of the molecule is Cc1ccc(C(C)C)c(N2C(=O)CS/C2=N\C(=O)OCC(Cl)c2ccc(-c3ncn(-c4ccc(OC(F)(F)F)cc4)n3)cc2)c1. The first-order valence-electron chi connectivity index (χ1n) is 13.7. The molecule has 9 nitrogen and oxygen atoms in total. The van der Waals surface area contributed by atoms with E-state index in [9.17, 15) is 22.8 Å². The minimum atomic E-state index is -4.77. The standard InChI is InChI=1S/C31H27ClF3N5O4S/c1-18(2)24-13-4-19(3)14-26(24)40-27(41)16-45-29(40)37-30(42)43-15-25(32)20-5-7-21(8-6-20)28-36-17-39(38-28)22-9-11-23(12-10-22)44-31(33,34)35/h4-14,17-18,25H,15-16H2,1-3H3/b37-29-. The zero-order chi connectivity index (χ0) is 32.3. The van der Waals surface area contributed by atoms with Crippen LogP contribution in [0.5, 0.6) is 5.75 Å². The molecule has 234 valence electrons. The van der Waals surface area contributed by atoms with Gasteiger partial charge in [-0.05, 0) is 59.9 Å². The molecule has 5 rings (SSSR count). The molecule has 1 aromatic heterocycles. The van der Waals surface area contributed by atoms with Gasteiger partial charge in [-0.15, -0.1) is 29.9 Å². The van der Waals surface area contributed by atoms with Crippen LogP contribution in [0.2, 0.25) is 0 Å². The lowest BCUT2D eigenvalue weighted by atomic mass is 9.99. The van der Waals surface area contributed by atoms with E-state index in [2.05, 4.69) is 19.8 Å². The summed E-state index contributed by atoms with van der Waals surface area (Å²) in [6.07, 6.45) is -4.19. The molecule has 0 spiro atoms. The topological polar surface area (TPSA) is 98.9 Å². The molecule has 45 heavy (non-hydrogen) atoms. The van der Waals surface area contributed by atoms with Crippen LogP contribution in [0.15, 0.2) is 78.0 Å². The number of benzene rings is 3. The molecule has 0 radical (unpaired) electrons. The monoisotopic (exact) mass is 657 g/mol. The minimum Gasteiger partial charge on any atom is -0.446 e. The van der Waals surface area contributed by atoms with Crippen molar-refractivity contribution >= 4 is 46.2 Å². The van der Waals surface area contributed by atoms with Crippen molar-refractivity contribution in [2.24, 2.45) is 4.99 Å². The second kappa shape index (κ2) is 13.3. The molecule has 3 aromatic carbocycles. The Morgan fingerprint density at radius 3 is 2.47 bits per heavy atom. The molecule has 14 heteroatoms. The number of amidine groups is 1. The van der Waals surface area contributed by atoms with Crippen LogP contribution in [0.25, 0.3) is 17.1 Å². The molecule has 4 aromatic rings. The highest BCUT2D eigenvalue weighted by Gasteiger charge is 2.33. The number of halogens is 4. The Morgan fingerprint density at radius 1 is 1.09 bits per heavy atom. The predicted octanol–water partition coefficient (Wildman–Crippen LogP) is 7.82. The maximum absolute atomic E-state index is 12.8. The van der Waals surface area contributed by atoms with Gasteiger partial charge in [0, 0.05) is 5.56 Å². The lowest BCUT2D eigenvalue weighted by Gasteiger charge is -2.22. The number of nitrogens with zero attached hydrogens (tertiary/aromatic N) is 5. The number of rotatable bonds is 8. The maximum atomic E-state index is 12.8. The third kappa shape index (κ3) is 7.84. The van der Waals surface area contributed by atoms with Gasteiger partial charge in [0.2, 0.25) is 5.91 Å². The number of aliphatic imine (C=N–C) groups is 1. The summed E-state index contributed by atoms with van der Waals surface area (Å²) in [6, 6.07) is 18.1. The zero-order valence-electron chi connectivity index (χ0n) is 24.3. The highest BCUT2D eigenvalue weighted by Crippen LogP contribution is 2.34. The second-order valence-corrected chi connectivity index (χ2v) is 11.8. The van der Waals surface area contributed by atoms with Crippen LogP contribution in [-0.2, 0) is 9.53 Å². The van der Waals surface area contributed by atoms with Crippen molar-refractivity contribution in [1.29, 1.82) is 0 Å². The smallest absolute Gasteiger partial charge is 0.446 e. The van der Waals surface area contributed by atoms with E-state index in [1.54, 1.807) is 24.3 Å². The Labute approximate surface area is 266 Å². The van der Waals surface area contributed by atoms with Crippen LogP contribution in [-0.4, -0.2) is 50.7 Å². The summed E-state index contributed by atoms with van der Waals surface area (Å²) < 4.78 is 47.9. The second-order valence-electron chi connectivity index (χ2n) is 10.4. The number of alkyl halides is 4.